The zero-order valence-electron chi connectivity index (χ0n) is 13.6. The van der Waals surface area contributed by atoms with Crippen LogP contribution in [-0.2, 0) is 9.53 Å². The van der Waals surface area contributed by atoms with Gasteiger partial charge in [-0.2, -0.15) is 0 Å². The fourth-order valence-electron chi connectivity index (χ4n) is 3.70. The van der Waals surface area contributed by atoms with Crippen LogP contribution in [0.3, 0.4) is 0 Å². The number of carbonyl (C=O) groups is 2. The highest BCUT2D eigenvalue weighted by Crippen LogP contribution is 2.29. The van der Waals surface area contributed by atoms with Crippen LogP contribution in [0.4, 0.5) is 0 Å². The van der Waals surface area contributed by atoms with E-state index in [-0.39, 0.29) is 6.10 Å². The van der Waals surface area contributed by atoms with Crippen LogP contribution in [0.5, 0.6) is 0 Å². The Hall–Kier alpha value is -1.68. The Balaban J connectivity index is 1.57. The quantitative estimate of drug-likeness (QED) is 0.634. The lowest BCUT2D eigenvalue weighted by molar-refractivity contribution is -0.134. The molecule has 0 radical (unpaired) electrons. The summed E-state index contributed by atoms with van der Waals surface area (Å²) in [6, 6.07) is 8.80. The van der Waals surface area contributed by atoms with Crippen LogP contribution in [0, 0.1) is 5.92 Å². The van der Waals surface area contributed by atoms with Gasteiger partial charge in [0.2, 0.25) is 5.78 Å². The average Bonchev–Trinajstić information content (AvgIpc) is 2.62. The van der Waals surface area contributed by atoms with Crippen molar-refractivity contribution in [1.29, 1.82) is 0 Å². The number of amides is 1. The Kier molecular flexibility index (Phi) is 5.44. The molecule has 1 aliphatic carbocycles. The zero-order valence-corrected chi connectivity index (χ0v) is 13.6. The molecule has 2 fully saturated rings. The molecule has 1 aliphatic heterocycles. The second-order valence-electron chi connectivity index (χ2n) is 6.68. The van der Waals surface area contributed by atoms with Crippen molar-refractivity contribution in [2.24, 2.45) is 5.92 Å². The van der Waals surface area contributed by atoms with Gasteiger partial charge in [-0.1, -0.05) is 62.4 Å². The summed E-state index contributed by atoms with van der Waals surface area (Å²) in [6.07, 6.45) is 7.62. The number of nitrogens with zero attached hydrogens (tertiary/aromatic N) is 1. The molecule has 1 heterocycles. The summed E-state index contributed by atoms with van der Waals surface area (Å²) in [5, 5.41) is 0. The number of rotatable bonds is 4. The molecular weight excluding hydrogens is 290 g/mol. The van der Waals surface area contributed by atoms with Crippen LogP contribution >= 0.6 is 0 Å². The predicted molar refractivity (Wildman–Crippen MR) is 88.3 cm³/mol. The third-order valence-electron chi connectivity index (χ3n) is 4.98. The lowest BCUT2D eigenvalue weighted by atomic mass is 9.85. The maximum atomic E-state index is 12.5. The molecule has 0 aromatic heterocycles. The van der Waals surface area contributed by atoms with Gasteiger partial charge in [-0.15, -0.1) is 0 Å². The molecule has 124 valence electrons. The van der Waals surface area contributed by atoms with E-state index in [1.54, 1.807) is 29.2 Å². The van der Waals surface area contributed by atoms with Gasteiger partial charge in [0, 0.05) is 18.7 Å². The predicted octanol–water partition coefficient (Wildman–Crippen LogP) is 3.07. The monoisotopic (exact) mass is 315 g/mol. The number of morpholine rings is 1. The first-order valence-corrected chi connectivity index (χ1v) is 8.74. The standard InChI is InChI=1S/C19H25NO3/c21-18(16-9-5-2-6-10-16)19(22)20-11-12-23-17(14-20)13-15-7-3-1-4-8-15/h2,5-6,9-10,15,17H,1,3-4,7-8,11-14H2. The Morgan fingerprint density at radius 1 is 1.09 bits per heavy atom. The summed E-state index contributed by atoms with van der Waals surface area (Å²) in [5.41, 5.74) is 0.466. The van der Waals surface area contributed by atoms with Crippen LogP contribution in [0.25, 0.3) is 0 Å². The number of hydrogen-bond acceptors (Lipinski definition) is 3. The van der Waals surface area contributed by atoms with Crippen molar-refractivity contribution in [1.82, 2.24) is 4.90 Å². The Labute approximate surface area is 137 Å². The minimum absolute atomic E-state index is 0.0828. The topological polar surface area (TPSA) is 46.6 Å². The first-order valence-electron chi connectivity index (χ1n) is 8.74. The van der Waals surface area contributed by atoms with Crippen molar-refractivity contribution in [3.8, 4) is 0 Å². The molecular formula is C19H25NO3. The maximum Gasteiger partial charge on any atom is 0.295 e. The summed E-state index contributed by atoms with van der Waals surface area (Å²) in [4.78, 5) is 26.4. The SMILES string of the molecule is O=C(C(=O)N1CCOC(CC2CCCCC2)C1)c1ccccc1. The van der Waals surface area contributed by atoms with E-state index in [9.17, 15) is 9.59 Å². The van der Waals surface area contributed by atoms with Gasteiger partial charge in [-0.05, 0) is 12.3 Å². The second kappa shape index (κ2) is 7.73. The van der Waals surface area contributed by atoms with E-state index < -0.39 is 11.7 Å². The van der Waals surface area contributed by atoms with Crippen molar-refractivity contribution in [3.63, 3.8) is 0 Å². The van der Waals surface area contributed by atoms with Crippen LogP contribution in [0.15, 0.2) is 30.3 Å². The smallest absolute Gasteiger partial charge is 0.295 e. The van der Waals surface area contributed by atoms with Gasteiger partial charge in [-0.25, -0.2) is 0 Å². The number of ether oxygens (including phenoxy) is 1. The fourth-order valence-corrected chi connectivity index (χ4v) is 3.70. The van der Waals surface area contributed by atoms with Gasteiger partial charge < -0.3 is 9.64 Å². The Morgan fingerprint density at radius 2 is 1.83 bits per heavy atom. The molecule has 0 N–H and O–H groups in total. The lowest BCUT2D eigenvalue weighted by Crippen LogP contribution is -2.48. The highest BCUT2D eigenvalue weighted by molar-refractivity contribution is 6.42. The molecule has 2 aliphatic rings. The fraction of sp³-hybridized carbons (Fsp3) is 0.579. The van der Waals surface area contributed by atoms with E-state index in [1.807, 2.05) is 6.07 Å². The summed E-state index contributed by atoms with van der Waals surface area (Å²) >= 11 is 0. The minimum atomic E-state index is -0.413. The minimum Gasteiger partial charge on any atom is -0.375 e. The molecule has 3 rings (SSSR count). The summed E-state index contributed by atoms with van der Waals surface area (Å²) in [7, 11) is 0. The maximum absolute atomic E-state index is 12.5. The molecule has 1 aromatic rings. The van der Waals surface area contributed by atoms with Crippen LogP contribution < -0.4 is 0 Å². The molecule has 23 heavy (non-hydrogen) atoms. The van der Waals surface area contributed by atoms with E-state index in [4.69, 9.17) is 4.74 Å². The van der Waals surface area contributed by atoms with Crippen LogP contribution in [-0.4, -0.2) is 42.4 Å². The third-order valence-corrected chi connectivity index (χ3v) is 4.98. The highest BCUT2D eigenvalue weighted by atomic mass is 16.5. The first kappa shape index (κ1) is 16.2. The molecule has 1 unspecified atom stereocenters. The van der Waals surface area contributed by atoms with E-state index in [1.165, 1.54) is 32.1 Å². The van der Waals surface area contributed by atoms with Gasteiger partial charge in [-0.3, -0.25) is 9.59 Å². The molecule has 4 nitrogen and oxygen atoms in total. The van der Waals surface area contributed by atoms with Gasteiger partial charge >= 0.3 is 0 Å². The molecule has 4 heteroatoms. The van der Waals surface area contributed by atoms with Gasteiger partial charge in [0.25, 0.3) is 5.91 Å². The number of carbonyl (C=O) groups excluding carboxylic acids is 2. The van der Waals surface area contributed by atoms with Crippen LogP contribution in [0.1, 0.15) is 48.9 Å². The molecule has 1 saturated carbocycles. The number of hydrogen-bond donors (Lipinski definition) is 0. The molecule has 1 saturated heterocycles. The molecule has 1 aromatic carbocycles. The Morgan fingerprint density at radius 3 is 2.57 bits per heavy atom. The van der Waals surface area contributed by atoms with E-state index >= 15 is 0 Å². The first-order chi connectivity index (χ1) is 11.2. The van der Waals surface area contributed by atoms with Crippen molar-refractivity contribution in [2.45, 2.75) is 44.6 Å². The van der Waals surface area contributed by atoms with E-state index in [0.717, 1.165) is 6.42 Å². The van der Waals surface area contributed by atoms with Crippen molar-refractivity contribution in [2.75, 3.05) is 19.7 Å². The van der Waals surface area contributed by atoms with Gasteiger partial charge in [0.05, 0.1) is 12.7 Å². The second-order valence-corrected chi connectivity index (χ2v) is 6.68. The van der Waals surface area contributed by atoms with E-state index in [2.05, 4.69) is 0 Å². The number of Topliss-reactive ketones (excluding diaryl/α,β-unsaturated/α-hetero) is 1. The van der Waals surface area contributed by atoms with Crippen molar-refractivity contribution < 1.29 is 14.3 Å². The summed E-state index contributed by atoms with van der Waals surface area (Å²) < 4.78 is 5.84. The number of benzene rings is 1. The summed E-state index contributed by atoms with van der Waals surface area (Å²) in [5.74, 6) is -0.0920. The summed E-state index contributed by atoms with van der Waals surface area (Å²) in [6.45, 7) is 1.59. The highest BCUT2D eigenvalue weighted by Gasteiger charge is 2.30. The molecule has 0 spiro atoms. The van der Waals surface area contributed by atoms with E-state index in [0.29, 0.717) is 31.2 Å². The van der Waals surface area contributed by atoms with Gasteiger partial charge in [0.15, 0.2) is 0 Å². The number of ketones is 1. The van der Waals surface area contributed by atoms with Crippen molar-refractivity contribution >= 4 is 11.7 Å². The lowest BCUT2D eigenvalue weighted by Gasteiger charge is -2.35. The molecule has 0 bridgehead atoms. The zero-order chi connectivity index (χ0) is 16.1. The normalized spacial score (nSPS) is 22.8. The van der Waals surface area contributed by atoms with Crippen LogP contribution in [0.2, 0.25) is 0 Å². The van der Waals surface area contributed by atoms with Gasteiger partial charge in [0.1, 0.15) is 0 Å². The largest absolute Gasteiger partial charge is 0.375 e. The average molecular weight is 315 g/mol. The third kappa shape index (κ3) is 4.20. The molecule has 1 amide bonds. The molecule has 1 atom stereocenters. The van der Waals surface area contributed by atoms with Crippen molar-refractivity contribution in [3.05, 3.63) is 35.9 Å². The Bertz CT molecular complexity index is 537.